The van der Waals surface area contributed by atoms with Crippen molar-refractivity contribution in [2.75, 3.05) is 16.0 Å². The van der Waals surface area contributed by atoms with E-state index in [1.807, 2.05) is 13.0 Å². The lowest BCUT2D eigenvalue weighted by atomic mass is 10.2. The number of anilines is 2. The Kier molecular flexibility index (Phi) is 5.64. The molecular formula is C19H17ClN2O3S. The largest absolute Gasteiger partial charge is 0.325 e. The highest BCUT2D eigenvalue weighted by molar-refractivity contribution is 8.01. The fourth-order valence-corrected chi connectivity index (χ4v) is 3.87. The fourth-order valence-electron chi connectivity index (χ4n) is 2.71. The molecule has 1 saturated heterocycles. The topological polar surface area (TPSA) is 66.5 Å². The fraction of sp³-hybridized carbons (Fsp3) is 0.211. The average Bonchev–Trinajstić information content (AvgIpc) is 2.90. The number of nitrogens with zero attached hydrogens (tertiary/aromatic N) is 1. The van der Waals surface area contributed by atoms with Crippen molar-refractivity contribution in [3.05, 3.63) is 59.1 Å². The lowest BCUT2D eigenvalue weighted by Crippen LogP contribution is -2.31. The standard InChI is InChI=1S/C19H17ClN2O3S/c1-12-9-13(20)7-8-15(12)21-17(23)11-26-16-10-18(24)22(19(16)25)14-5-3-2-4-6-14/h2-9,16H,10-11H2,1H3,(H,21,23)/t16-/m1/s1. The number of thioether (sulfide) groups is 1. The van der Waals surface area contributed by atoms with Crippen molar-refractivity contribution in [2.45, 2.75) is 18.6 Å². The first-order valence-electron chi connectivity index (χ1n) is 8.05. The number of hydrogen-bond donors (Lipinski definition) is 1. The molecule has 1 aliphatic heterocycles. The second kappa shape index (κ2) is 7.93. The van der Waals surface area contributed by atoms with Gasteiger partial charge in [-0.1, -0.05) is 29.8 Å². The summed E-state index contributed by atoms with van der Waals surface area (Å²) in [7, 11) is 0. The maximum absolute atomic E-state index is 12.5. The molecule has 0 radical (unpaired) electrons. The van der Waals surface area contributed by atoms with Gasteiger partial charge in [-0.05, 0) is 42.8 Å². The summed E-state index contributed by atoms with van der Waals surface area (Å²) in [6.07, 6.45) is 0.103. The SMILES string of the molecule is Cc1cc(Cl)ccc1NC(=O)CS[C@@H]1CC(=O)N(c2ccccc2)C1=O. The van der Waals surface area contributed by atoms with Gasteiger partial charge in [0, 0.05) is 17.1 Å². The Morgan fingerprint density at radius 1 is 1.23 bits per heavy atom. The van der Waals surface area contributed by atoms with E-state index in [1.54, 1.807) is 42.5 Å². The molecule has 1 aliphatic rings. The summed E-state index contributed by atoms with van der Waals surface area (Å²) >= 11 is 7.08. The van der Waals surface area contributed by atoms with Gasteiger partial charge in [-0.2, -0.15) is 0 Å². The molecule has 0 aromatic heterocycles. The van der Waals surface area contributed by atoms with E-state index in [4.69, 9.17) is 11.6 Å². The number of nitrogens with one attached hydrogen (secondary N) is 1. The van der Waals surface area contributed by atoms with Crippen LogP contribution >= 0.6 is 23.4 Å². The molecule has 134 valence electrons. The summed E-state index contributed by atoms with van der Waals surface area (Å²) in [6.45, 7) is 1.85. The van der Waals surface area contributed by atoms with E-state index < -0.39 is 5.25 Å². The molecule has 0 bridgehead atoms. The maximum Gasteiger partial charge on any atom is 0.247 e. The van der Waals surface area contributed by atoms with E-state index in [0.717, 1.165) is 5.56 Å². The minimum absolute atomic E-state index is 0.0916. The number of halogens is 1. The third-order valence-electron chi connectivity index (χ3n) is 4.00. The van der Waals surface area contributed by atoms with E-state index >= 15 is 0 Å². The Morgan fingerprint density at radius 3 is 2.65 bits per heavy atom. The summed E-state index contributed by atoms with van der Waals surface area (Å²) < 4.78 is 0. The number of carbonyl (C=O) groups is 3. The summed E-state index contributed by atoms with van der Waals surface area (Å²) in [6, 6.07) is 14.0. The zero-order chi connectivity index (χ0) is 18.7. The van der Waals surface area contributed by atoms with Crippen molar-refractivity contribution in [3.8, 4) is 0 Å². The molecular weight excluding hydrogens is 372 g/mol. The van der Waals surface area contributed by atoms with Crippen molar-refractivity contribution in [2.24, 2.45) is 0 Å². The highest BCUT2D eigenvalue weighted by Gasteiger charge is 2.39. The number of imide groups is 1. The predicted octanol–water partition coefficient (Wildman–Crippen LogP) is 3.65. The first-order chi connectivity index (χ1) is 12.5. The van der Waals surface area contributed by atoms with Crippen LogP contribution in [-0.2, 0) is 14.4 Å². The Hall–Kier alpha value is -2.31. The van der Waals surface area contributed by atoms with Crippen LogP contribution in [0.4, 0.5) is 11.4 Å². The number of hydrogen-bond acceptors (Lipinski definition) is 4. The molecule has 0 saturated carbocycles. The van der Waals surface area contributed by atoms with Crippen LogP contribution < -0.4 is 10.2 Å². The Morgan fingerprint density at radius 2 is 1.96 bits per heavy atom. The molecule has 26 heavy (non-hydrogen) atoms. The number of para-hydroxylation sites is 1. The summed E-state index contributed by atoms with van der Waals surface area (Å²) in [5.74, 6) is -0.651. The van der Waals surface area contributed by atoms with Gasteiger partial charge in [0.25, 0.3) is 0 Å². The Labute approximate surface area is 160 Å². The van der Waals surface area contributed by atoms with Gasteiger partial charge < -0.3 is 5.32 Å². The van der Waals surface area contributed by atoms with Crippen molar-refractivity contribution >= 4 is 52.5 Å². The Balaban J connectivity index is 1.59. The van der Waals surface area contributed by atoms with Crippen molar-refractivity contribution in [1.29, 1.82) is 0 Å². The molecule has 0 unspecified atom stereocenters. The van der Waals surface area contributed by atoms with Gasteiger partial charge in [-0.15, -0.1) is 11.8 Å². The first-order valence-corrected chi connectivity index (χ1v) is 9.48. The highest BCUT2D eigenvalue weighted by atomic mass is 35.5. The summed E-state index contributed by atoms with van der Waals surface area (Å²) in [5, 5.41) is 2.86. The van der Waals surface area contributed by atoms with Crippen molar-refractivity contribution in [3.63, 3.8) is 0 Å². The normalized spacial score (nSPS) is 16.8. The predicted molar refractivity (Wildman–Crippen MR) is 105 cm³/mol. The van der Waals surface area contributed by atoms with Gasteiger partial charge in [-0.3, -0.25) is 14.4 Å². The number of amides is 3. The minimum Gasteiger partial charge on any atom is -0.325 e. The van der Waals surface area contributed by atoms with Gasteiger partial charge in [-0.25, -0.2) is 4.90 Å². The molecule has 7 heteroatoms. The molecule has 5 nitrogen and oxygen atoms in total. The quantitative estimate of drug-likeness (QED) is 0.794. The summed E-state index contributed by atoms with van der Waals surface area (Å²) in [5.41, 5.74) is 2.10. The number of rotatable bonds is 5. The van der Waals surface area contributed by atoms with Crippen molar-refractivity contribution < 1.29 is 14.4 Å². The van der Waals surface area contributed by atoms with Gasteiger partial charge in [0.15, 0.2) is 0 Å². The molecule has 1 N–H and O–H groups in total. The van der Waals surface area contributed by atoms with E-state index in [0.29, 0.717) is 16.4 Å². The van der Waals surface area contributed by atoms with Crippen LogP contribution in [0.5, 0.6) is 0 Å². The molecule has 3 rings (SSSR count). The van der Waals surface area contributed by atoms with Crippen LogP contribution in [0, 0.1) is 6.92 Å². The van der Waals surface area contributed by atoms with Crippen LogP contribution in [0.1, 0.15) is 12.0 Å². The highest BCUT2D eigenvalue weighted by Crippen LogP contribution is 2.29. The number of benzene rings is 2. The third-order valence-corrected chi connectivity index (χ3v) is 5.43. The number of carbonyl (C=O) groups excluding carboxylic acids is 3. The van der Waals surface area contributed by atoms with Crippen LogP contribution in [-0.4, -0.2) is 28.7 Å². The lowest BCUT2D eigenvalue weighted by Gasteiger charge is -2.14. The molecule has 3 amide bonds. The molecule has 1 atom stereocenters. The summed E-state index contributed by atoms with van der Waals surface area (Å²) in [4.78, 5) is 38.1. The smallest absolute Gasteiger partial charge is 0.247 e. The third kappa shape index (κ3) is 4.08. The number of aryl methyl sites for hydroxylation is 1. The van der Waals surface area contributed by atoms with Crippen LogP contribution in [0.2, 0.25) is 5.02 Å². The van der Waals surface area contributed by atoms with Gasteiger partial charge in [0.1, 0.15) is 0 Å². The van der Waals surface area contributed by atoms with Gasteiger partial charge in [0.05, 0.1) is 16.7 Å². The monoisotopic (exact) mass is 388 g/mol. The van der Waals surface area contributed by atoms with Crippen molar-refractivity contribution in [1.82, 2.24) is 0 Å². The van der Waals surface area contributed by atoms with Gasteiger partial charge in [0.2, 0.25) is 17.7 Å². The zero-order valence-corrected chi connectivity index (χ0v) is 15.6. The molecule has 1 heterocycles. The van der Waals surface area contributed by atoms with Crippen LogP contribution in [0.25, 0.3) is 0 Å². The maximum atomic E-state index is 12.5. The Bertz CT molecular complexity index is 857. The lowest BCUT2D eigenvalue weighted by molar-refractivity contribution is -0.121. The molecule has 1 fully saturated rings. The minimum atomic E-state index is -0.542. The second-order valence-corrected chi connectivity index (χ2v) is 7.54. The van der Waals surface area contributed by atoms with Crippen LogP contribution in [0.3, 0.4) is 0 Å². The molecule has 2 aromatic carbocycles. The molecule has 0 aliphatic carbocycles. The van der Waals surface area contributed by atoms with E-state index in [1.165, 1.54) is 16.7 Å². The van der Waals surface area contributed by atoms with Crippen LogP contribution in [0.15, 0.2) is 48.5 Å². The van der Waals surface area contributed by atoms with E-state index in [-0.39, 0.29) is 29.9 Å². The second-order valence-electron chi connectivity index (χ2n) is 5.91. The molecule has 2 aromatic rings. The first kappa shape index (κ1) is 18.5. The zero-order valence-electron chi connectivity index (χ0n) is 14.1. The van der Waals surface area contributed by atoms with E-state index in [2.05, 4.69) is 5.32 Å². The molecule has 0 spiro atoms. The average molecular weight is 389 g/mol. The van der Waals surface area contributed by atoms with E-state index in [9.17, 15) is 14.4 Å². The van der Waals surface area contributed by atoms with Gasteiger partial charge >= 0.3 is 0 Å².